The van der Waals surface area contributed by atoms with Gasteiger partial charge in [0.05, 0.1) is 5.75 Å². The summed E-state index contributed by atoms with van der Waals surface area (Å²) in [5.74, 6) is 0.803. The van der Waals surface area contributed by atoms with Crippen molar-refractivity contribution in [3.05, 3.63) is 29.3 Å². The highest BCUT2D eigenvalue weighted by Gasteiger charge is 2.12. The molecular weight excluding hydrogens is 284 g/mol. The Hall–Kier alpha value is -1.54. The van der Waals surface area contributed by atoms with Crippen LogP contribution in [0, 0.1) is 4.77 Å². The topological polar surface area (TPSA) is 80.6 Å². The van der Waals surface area contributed by atoms with E-state index < -0.39 is 9.84 Å². The van der Waals surface area contributed by atoms with E-state index in [0.29, 0.717) is 17.1 Å². The van der Waals surface area contributed by atoms with E-state index in [2.05, 4.69) is 15.2 Å². The maximum absolute atomic E-state index is 11.6. The largest absolute Gasteiger partial charge is 0.299 e. The molecule has 0 atom stereocenters. The monoisotopic (exact) mass is 298 g/mol. The minimum absolute atomic E-state index is 0.0510. The zero-order valence-electron chi connectivity index (χ0n) is 10.4. The first kappa shape index (κ1) is 13.9. The van der Waals surface area contributed by atoms with E-state index in [0.717, 1.165) is 5.56 Å². The van der Waals surface area contributed by atoms with Crippen LogP contribution < -0.4 is 0 Å². The number of nitrogens with zero attached hydrogens (tertiary/aromatic N) is 3. The number of aromatic amines is 1. The van der Waals surface area contributed by atoms with Crippen LogP contribution in [0.1, 0.15) is 6.92 Å². The Labute approximate surface area is 116 Å². The molecule has 0 aliphatic heterocycles. The number of hydrogen-bond donors (Lipinski definition) is 1. The Balaban J connectivity index is 2.32. The molecule has 0 unspecified atom stereocenters. The summed E-state index contributed by atoms with van der Waals surface area (Å²) in [6.07, 6.45) is 3.31. The molecule has 0 amide bonds. The molecule has 0 spiro atoms. The van der Waals surface area contributed by atoms with Crippen molar-refractivity contribution in [2.45, 2.75) is 13.5 Å². The first-order valence-corrected chi connectivity index (χ1v) is 8.02. The molecule has 8 heteroatoms. The first-order chi connectivity index (χ1) is 9.03. The van der Waals surface area contributed by atoms with Gasteiger partial charge in [0.2, 0.25) is 0 Å². The Kier molecular flexibility index (Phi) is 4.11. The van der Waals surface area contributed by atoms with Crippen molar-refractivity contribution >= 4 is 22.1 Å². The minimum atomic E-state index is -3.03. The van der Waals surface area contributed by atoms with Gasteiger partial charge in [-0.3, -0.25) is 14.6 Å². The van der Waals surface area contributed by atoms with Crippen molar-refractivity contribution in [3.8, 4) is 11.4 Å². The van der Waals surface area contributed by atoms with Gasteiger partial charge in [-0.25, -0.2) is 8.42 Å². The average Bonchev–Trinajstić information content (AvgIpc) is 2.79. The molecule has 0 aliphatic rings. The van der Waals surface area contributed by atoms with Gasteiger partial charge in [-0.1, -0.05) is 6.92 Å². The molecule has 0 saturated heterocycles. The van der Waals surface area contributed by atoms with Crippen molar-refractivity contribution in [1.29, 1.82) is 0 Å². The first-order valence-electron chi connectivity index (χ1n) is 5.79. The quantitative estimate of drug-likeness (QED) is 0.845. The summed E-state index contributed by atoms with van der Waals surface area (Å²) >= 11 is 5.13. The van der Waals surface area contributed by atoms with Crippen molar-refractivity contribution in [1.82, 2.24) is 19.7 Å². The molecule has 19 heavy (non-hydrogen) atoms. The lowest BCUT2D eigenvalue weighted by Gasteiger charge is -2.06. The molecule has 0 saturated carbocycles. The Morgan fingerprint density at radius 3 is 2.68 bits per heavy atom. The van der Waals surface area contributed by atoms with Crippen LogP contribution in [-0.2, 0) is 16.4 Å². The molecule has 2 aromatic rings. The number of hydrogen-bond acceptors (Lipinski definition) is 5. The zero-order valence-corrected chi connectivity index (χ0v) is 12.0. The summed E-state index contributed by atoms with van der Waals surface area (Å²) in [6.45, 7) is 1.93. The molecule has 6 nitrogen and oxygen atoms in total. The van der Waals surface area contributed by atoms with E-state index in [1.807, 2.05) is 0 Å². The predicted octanol–water partition coefficient (Wildman–Crippen LogP) is 1.44. The van der Waals surface area contributed by atoms with Crippen LogP contribution in [0.3, 0.4) is 0 Å². The molecule has 2 heterocycles. The van der Waals surface area contributed by atoms with E-state index in [9.17, 15) is 8.42 Å². The molecule has 2 aromatic heterocycles. The van der Waals surface area contributed by atoms with Gasteiger partial charge >= 0.3 is 0 Å². The number of nitrogens with one attached hydrogen (secondary N) is 1. The normalized spacial score (nSPS) is 11.6. The molecule has 0 aromatic carbocycles. The summed E-state index contributed by atoms with van der Waals surface area (Å²) in [5.41, 5.74) is 0.844. The fourth-order valence-corrected chi connectivity index (χ4v) is 2.59. The molecule has 1 N–H and O–H groups in total. The smallest absolute Gasteiger partial charge is 0.195 e. The van der Waals surface area contributed by atoms with Gasteiger partial charge < -0.3 is 0 Å². The number of pyridine rings is 1. The van der Waals surface area contributed by atoms with Crippen LogP contribution in [-0.4, -0.2) is 39.7 Å². The van der Waals surface area contributed by atoms with Crippen molar-refractivity contribution in [2.24, 2.45) is 0 Å². The summed E-state index contributed by atoms with van der Waals surface area (Å²) in [5, 5.41) is 6.83. The SMILES string of the molecule is CCS(=O)(=O)CCn1c(-c2ccncc2)n[nH]c1=S. The standard InChI is InChI=1S/C11H14N4O2S2/c1-2-19(16,17)8-7-15-10(13-14-11(15)18)9-3-5-12-6-4-9/h3-6H,2,7-8H2,1H3,(H,14,18). The Bertz CT molecular complexity index is 704. The van der Waals surface area contributed by atoms with Crippen LogP contribution in [0.4, 0.5) is 0 Å². The van der Waals surface area contributed by atoms with Crippen LogP contribution in [0.25, 0.3) is 11.4 Å². The molecule has 0 fully saturated rings. The number of aromatic nitrogens is 4. The van der Waals surface area contributed by atoms with E-state index in [1.54, 1.807) is 36.0 Å². The van der Waals surface area contributed by atoms with E-state index >= 15 is 0 Å². The van der Waals surface area contributed by atoms with Crippen molar-refractivity contribution in [2.75, 3.05) is 11.5 Å². The number of sulfone groups is 1. The van der Waals surface area contributed by atoms with Crippen LogP contribution in [0.2, 0.25) is 0 Å². The third-order valence-electron chi connectivity index (χ3n) is 2.76. The maximum atomic E-state index is 11.6. The lowest BCUT2D eigenvalue weighted by Crippen LogP contribution is -2.15. The summed E-state index contributed by atoms with van der Waals surface area (Å²) < 4.78 is 25.2. The van der Waals surface area contributed by atoms with Crippen molar-refractivity contribution in [3.63, 3.8) is 0 Å². The Morgan fingerprint density at radius 2 is 2.05 bits per heavy atom. The average molecular weight is 298 g/mol. The zero-order chi connectivity index (χ0) is 13.9. The van der Waals surface area contributed by atoms with Gasteiger partial charge in [-0.2, -0.15) is 5.10 Å². The number of rotatable bonds is 5. The second-order valence-electron chi connectivity index (χ2n) is 3.98. The van der Waals surface area contributed by atoms with Crippen LogP contribution >= 0.6 is 12.2 Å². The highest BCUT2D eigenvalue weighted by molar-refractivity contribution is 7.91. The van der Waals surface area contributed by atoms with Gasteiger partial charge in [0.15, 0.2) is 20.4 Å². The predicted molar refractivity (Wildman–Crippen MR) is 75.0 cm³/mol. The van der Waals surface area contributed by atoms with Crippen molar-refractivity contribution < 1.29 is 8.42 Å². The van der Waals surface area contributed by atoms with Gasteiger partial charge in [0.1, 0.15) is 0 Å². The summed E-state index contributed by atoms with van der Waals surface area (Å²) in [4.78, 5) is 3.94. The molecule has 102 valence electrons. The van der Waals surface area contributed by atoms with E-state index in [1.165, 1.54) is 0 Å². The summed E-state index contributed by atoms with van der Waals surface area (Å²) in [7, 11) is -3.03. The second-order valence-corrected chi connectivity index (χ2v) is 6.84. The molecular formula is C11H14N4O2S2. The van der Waals surface area contributed by atoms with Crippen LogP contribution in [0.15, 0.2) is 24.5 Å². The Morgan fingerprint density at radius 1 is 1.37 bits per heavy atom. The van der Waals surface area contributed by atoms with Gasteiger partial charge in [-0.15, -0.1) is 0 Å². The third kappa shape index (κ3) is 3.27. The van der Waals surface area contributed by atoms with Gasteiger partial charge in [0, 0.05) is 30.3 Å². The minimum Gasteiger partial charge on any atom is -0.299 e. The van der Waals surface area contributed by atoms with E-state index in [4.69, 9.17) is 12.2 Å². The van der Waals surface area contributed by atoms with Gasteiger partial charge in [0.25, 0.3) is 0 Å². The molecule has 0 radical (unpaired) electrons. The maximum Gasteiger partial charge on any atom is 0.195 e. The second kappa shape index (κ2) is 5.62. The number of H-pyrrole nitrogens is 1. The lowest BCUT2D eigenvalue weighted by molar-refractivity contribution is 0.590. The molecule has 0 aliphatic carbocycles. The fourth-order valence-electron chi connectivity index (χ4n) is 1.62. The highest BCUT2D eigenvalue weighted by Crippen LogP contribution is 2.15. The van der Waals surface area contributed by atoms with Crippen LogP contribution in [0.5, 0.6) is 0 Å². The van der Waals surface area contributed by atoms with Gasteiger partial charge in [-0.05, 0) is 24.4 Å². The lowest BCUT2D eigenvalue weighted by atomic mass is 10.2. The van der Waals surface area contributed by atoms with E-state index in [-0.39, 0.29) is 11.5 Å². The third-order valence-corrected chi connectivity index (χ3v) is 4.76. The molecule has 2 rings (SSSR count). The highest BCUT2D eigenvalue weighted by atomic mass is 32.2. The summed E-state index contributed by atoms with van der Waals surface area (Å²) in [6, 6.07) is 3.60. The molecule has 0 bridgehead atoms. The fraction of sp³-hybridized carbons (Fsp3) is 0.364.